The van der Waals surface area contributed by atoms with Gasteiger partial charge in [0.25, 0.3) is 5.91 Å². The molecule has 0 spiro atoms. The van der Waals surface area contributed by atoms with Crippen LogP contribution in [0.2, 0.25) is 0 Å². The molecule has 0 radical (unpaired) electrons. The number of aryl methyl sites for hydroxylation is 1. The van der Waals surface area contributed by atoms with Crippen LogP contribution in [0, 0.1) is 18.3 Å². The van der Waals surface area contributed by atoms with E-state index in [2.05, 4.69) is 20.8 Å². The van der Waals surface area contributed by atoms with E-state index in [0.717, 1.165) is 11.3 Å². The monoisotopic (exact) mass is 334 g/mol. The van der Waals surface area contributed by atoms with Crippen LogP contribution in [0.25, 0.3) is 5.69 Å². The van der Waals surface area contributed by atoms with E-state index in [1.807, 2.05) is 19.1 Å². The average molecular weight is 334 g/mol. The van der Waals surface area contributed by atoms with Gasteiger partial charge in [0.15, 0.2) is 6.61 Å². The number of aromatic nitrogens is 4. The molecule has 0 saturated carbocycles. The van der Waals surface area contributed by atoms with Crippen LogP contribution >= 0.6 is 0 Å². The Morgan fingerprint density at radius 1 is 1.28 bits per heavy atom. The summed E-state index contributed by atoms with van der Waals surface area (Å²) in [4.78, 5) is 12.1. The predicted octanol–water partition coefficient (Wildman–Crippen LogP) is 1.86. The quantitative estimate of drug-likeness (QED) is 0.763. The molecule has 0 fully saturated rings. The highest BCUT2D eigenvalue weighted by Crippen LogP contribution is 2.18. The highest BCUT2D eigenvalue weighted by molar-refractivity contribution is 5.92. The number of benzene rings is 2. The zero-order valence-corrected chi connectivity index (χ0v) is 13.4. The minimum Gasteiger partial charge on any atom is -0.484 e. The van der Waals surface area contributed by atoms with Crippen molar-refractivity contribution in [2.24, 2.45) is 0 Å². The molecule has 124 valence electrons. The maximum Gasteiger partial charge on any atom is 0.262 e. The lowest BCUT2D eigenvalue weighted by Gasteiger charge is -2.10. The number of rotatable bonds is 5. The molecule has 0 aliphatic heterocycles. The number of nitrogens with one attached hydrogen (secondary N) is 1. The first kappa shape index (κ1) is 16.1. The van der Waals surface area contributed by atoms with Crippen LogP contribution in [0.5, 0.6) is 5.75 Å². The van der Waals surface area contributed by atoms with Gasteiger partial charge >= 0.3 is 0 Å². The molecule has 8 heteroatoms. The fourth-order valence-electron chi connectivity index (χ4n) is 2.18. The molecule has 0 atom stereocenters. The van der Waals surface area contributed by atoms with Gasteiger partial charge in [0.2, 0.25) is 0 Å². The molecule has 0 aliphatic carbocycles. The molecule has 3 aromatic rings. The third kappa shape index (κ3) is 3.97. The molecule has 25 heavy (non-hydrogen) atoms. The number of nitrogens with zero attached hydrogens (tertiary/aromatic N) is 5. The molecule has 0 bridgehead atoms. The van der Waals surface area contributed by atoms with Crippen LogP contribution in [0.1, 0.15) is 11.1 Å². The molecule has 1 heterocycles. The van der Waals surface area contributed by atoms with Gasteiger partial charge in [0, 0.05) is 5.69 Å². The normalized spacial score (nSPS) is 10.1. The van der Waals surface area contributed by atoms with E-state index in [1.54, 1.807) is 36.4 Å². The highest BCUT2D eigenvalue weighted by Gasteiger charge is 2.08. The van der Waals surface area contributed by atoms with Crippen molar-refractivity contribution in [3.05, 3.63) is 59.9 Å². The second-order valence-corrected chi connectivity index (χ2v) is 5.23. The predicted molar refractivity (Wildman–Crippen MR) is 89.2 cm³/mol. The van der Waals surface area contributed by atoms with Crippen LogP contribution in [0.15, 0.2) is 48.8 Å². The zero-order valence-electron chi connectivity index (χ0n) is 13.4. The SMILES string of the molecule is Cc1ccc(NC(=O)COc2ccc(C#N)cc2)cc1-n1cnnn1. The second kappa shape index (κ2) is 7.23. The van der Waals surface area contributed by atoms with Crippen LogP contribution in [-0.4, -0.2) is 32.7 Å². The zero-order chi connectivity index (χ0) is 17.6. The number of ether oxygens (including phenoxy) is 1. The van der Waals surface area contributed by atoms with Gasteiger partial charge in [-0.1, -0.05) is 6.07 Å². The van der Waals surface area contributed by atoms with Gasteiger partial charge < -0.3 is 10.1 Å². The minimum absolute atomic E-state index is 0.139. The molecule has 1 N–H and O–H groups in total. The van der Waals surface area contributed by atoms with Gasteiger partial charge in [0.05, 0.1) is 17.3 Å². The molecule has 1 aromatic heterocycles. The lowest BCUT2D eigenvalue weighted by atomic mass is 10.2. The van der Waals surface area contributed by atoms with Gasteiger partial charge in [-0.25, -0.2) is 4.68 Å². The van der Waals surface area contributed by atoms with Crippen molar-refractivity contribution in [3.8, 4) is 17.5 Å². The van der Waals surface area contributed by atoms with Gasteiger partial charge in [-0.3, -0.25) is 4.79 Å². The Kier molecular flexibility index (Phi) is 4.67. The van der Waals surface area contributed by atoms with Gasteiger partial charge in [-0.05, 0) is 59.3 Å². The summed E-state index contributed by atoms with van der Waals surface area (Å²) in [5, 5.41) is 22.6. The number of anilines is 1. The first-order chi connectivity index (χ1) is 12.2. The maximum atomic E-state index is 12.1. The first-order valence-electron chi connectivity index (χ1n) is 7.42. The summed E-state index contributed by atoms with van der Waals surface area (Å²) >= 11 is 0. The number of carbonyl (C=O) groups is 1. The number of carbonyl (C=O) groups excluding carboxylic acids is 1. The lowest BCUT2D eigenvalue weighted by molar-refractivity contribution is -0.118. The summed E-state index contributed by atoms with van der Waals surface area (Å²) in [6.45, 7) is 1.79. The number of hydrogen-bond donors (Lipinski definition) is 1. The van der Waals surface area contributed by atoms with Crippen LogP contribution in [0.4, 0.5) is 5.69 Å². The lowest BCUT2D eigenvalue weighted by Crippen LogP contribution is -2.20. The molecule has 0 aliphatic rings. The van der Waals surface area contributed by atoms with Crippen molar-refractivity contribution in [1.29, 1.82) is 5.26 Å². The Balaban J connectivity index is 1.63. The average Bonchev–Trinajstić information content (AvgIpc) is 3.16. The summed E-state index contributed by atoms with van der Waals surface area (Å²) in [7, 11) is 0. The van der Waals surface area contributed by atoms with E-state index in [9.17, 15) is 4.79 Å². The Labute approximate surface area is 143 Å². The molecule has 1 amide bonds. The number of amides is 1. The highest BCUT2D eigenvalue weighted by atomic mass is 16.5. The van der Waals surface area contributed by atoms with Crippen molar-refractivity contribution in [2.45, 2.75) is 6.92 Å². The number of tetrazole rings is 1. The van der Waals surface area contributed by atoms with Crippen molar-refractivity contribution < 1.29 is 9.53 Å². The second-order valence-electron chi connectivity index (χ2n) is 5.23. The molecular weight excluding hydrogens is 320 g/mol. The van der Waals surface area contributed by atoms with E-state index in [1.165, 1.54) is 11.0 Å². The van der Waals surface area contributed by atoms with Gasteiger partial charge in [0.1, 0.15) is 12.1 Å². The molecule has 3 rings (SSSR count). The van der Waals surface area contributed by atoms with Crippen molar-refractivity contribution in [3.63, 3.8) is 0 Å². The van der Waals surface area contributed by atoms with E-state index >= 15 is 0 Å². The standard InChI is InChI=1S/C17H14N6O2/c1-12-2-5-14(8-16(12)23-11-19-21-22-23)20-17(24)10-25-15-6-3-13(9-18)4-7-15/h2-8,11H,10H2,1H3,(H,20,24). The molecule has 0 saturated heterocycles. The smallest absolute Gasteiger partial charge is 0.262 e. The van der Waals surface area contributed by atoms with Crippen molar-refractivity contribution in [1.82, 2.24) is 20.2 Å². The number of hydrogen-bond acceptors (Lipinski definition) is 6. The van der Waals surface area contributed by atoms with Gasteiger partial charge in [-0.2, -0.15) is 5.26 Å². The Hall–Kier alpha value is -3.73. The van der Waals surface area contributed by atoms with Crippen LogP contribution < -0.4 is 10.1 Å². The summed E-state index contributed by atoms with van der Waals surface area (Å²) in [6, 6.07) is 14.0. The Morgan fingerprint density at radius 3 is 2.76 bits per heavy atom. The largest absolute Gasteiger partial charge is 0.484 e. The van der Waals surface area contributed by atoms with Crippen molar-refractivity contribution >= 4 is 11.6 Å². The van der Waals surface area contributed by atoms with E-state index in [0.29, 0.717) is 17.0 Å². The fourth-order valence-corrected chi connectivity index (χ4v) is 2.18. The maximum absolute atomic E-state index is 12.1. The van der Waals surface area contributed by atoms with E-state index < -0.39 is 0 Å². The van der Waals surface area contributed by atoms with E-state index in [-0.39, 0.29) is 12.5 Å². The van der Waals surface area contributed by atoms with Crippen LogP contribution in [-0.2, 0) is 4.79 Å². The number of nitriles is 1. The Bertz CT molecular complexity index is 913. The fraction of sp³-hybridized carbons (Fsp3) is 0.118. The summed E-state index contributed by atoms with van der Waals surface area (Å²) in [5.41, 5.74) is 2.89. The molecular formula is C17H14N6O2. The first-order valence-corrected chi connectivity index (χ1v) is 7.42. The molecule has 2 aromatic carbocycles. The van der Waals surface area contributed by atoms with E-state index in [4.69, 9.17) is 10.00 Å². The summed E-state index contributed by atoms with van der Waals surface area (Å²) < 4.78 is 6.93. The summed E-state index contributed by atoms with van der Waals surface area (Å²) in [5.74, 6) is 0.225. The van der Waals surface area contributed by atoms with Crippen molar-refractivity contribution in [2.75, 3.05) is 11.9 Å². The third-order valence-corrected chi connectivity index (χ3v) is 3.44. The minimum atomic E-state index is -0.295. The molecule has 8 nitrogen and oxygen atoms in total. The molecule has 0 unspecified atom stereocenters. The summed E-state index contributed by atoms with van der Waals surface area (Å²) in [6.07, 6.45) is 1.49. The van der Waals surface area contributed by atoms with Gasteiger partial charge in [-0.15, -0.1) is 5.10 Å². The van der Waals surface area contributed by atoms with Crippen LogP contribution in [0.3, 0.4) is 0 Å². The Morgan fingerprint density at radius 2 is 2.08 bits per heavy atom. The third-order valence-electron chi connectivity index (χ3n) is 3.44. The topological polar surface area (TPSA) is 106 Å².